The molecule has 1 heteroatoms. The second kappa shape index (κ2) is 3.27. The van der Waals surface area contributed by atoms with E-state index in [2.05, 4.69) is 6.08 Å². The van der Waals surface area contributed by atoms with Crippen molar-refractivity contribution in [2.45, 2.75) is 44.9 Å². The molecule has 4 aliphatic rings. The van der Waals surface area contributed by atoms with Crippen molar-refractivity contribution in [3.63, 3.8) is 0 Å². The summed E-state index contributed by atoms with van der Waals surface area (Å²) in [6, 6.07) is 0. The van der Waals surface area contributed by atoms with E-state index in [1.54, 1.807) is 24.8 Å². The number of hydrogen-bond acceptors (Lipinski definition) is 0. The van der Waals surface area contributed by atoms with Gasteiger partial charge in [0.2, 0.25) is 0 Å². The van der Waals surface area contributed by atoms with Crippen LogP contribution in [0.1, 0.15) is 44.9 Å². The van der Waals surface area contributed by atoms with Gasteiger partial charge in [0.1, 0.15) is 0 Å². The standard InChI is InChI=1S/C13H19Cl/c14-3-1-2-13-7-10-4-11(8-13)6-12(5-10)9-13/h1,3,10-12H,2,4-9H2. The van der Waals surface area contributed by atoms with Gasteiger partial charge in [0.05, 0.1) is 0 Å². The van der Waals surface area contributed by atoms with Crippen LogP contribution in [0.2, 0.25) is 0 Å². The van der Waals surface area contributed by atoms with Gasteiger partial charge in [0.25, 0.3) is 0 Å². The monoisotopic (exact) mass is 210 g/mol. The average Bonchev–Trinajstić information content (AvgIpc) is 2.12. The van der Waals surface area contributed by atoms with Crippen LogP contribution in [0.4, 0.5) is 0 Å². The summed E-state index contributed by atoms with van der Waals surface area (Å²) < 4.78 is 0. The number of allylic oxidation sites excluding steroid dienone is 1. The highest BCUT2D eigenvalue weighted by Gasteiger charge is 2.49. The van der Waals surface area contributed by atoms with E-state index in [0.717, 1.165) is 17.8 Å². The molecule has 78 valence electrons. The van der Waals surface area contributed by atoms with Gasteiger partial charge in [-0.2, -0.15) is 0 Å². The lowest BCUT2D eigenvalue weighted by Crippen LogP contribution is -2.45. The second-order valence-electron chi connectivity index (χ2n) is 5.98. The fourth-order valence-electron chi connectivity index (χ4n) is 4.83. The van der Waals surface area contributed by atoms with E-state index in [4.69, 9.17) is 11.6 Å². The molecule has 14 heavy (non-hydrogen) atoms. The van der Waals surface area contributed by atoms with Gasteiger partial charge in [-0.05, 0) is 68.1 Å². The Morgan fingerprint density at radius 1 is 1.00 bits per heavy atom. The van der Waals surface area contributed by atoms with Crippen LogP contribution in [-0.4, -0.2) is 0 Å². The van der Waals surface area contributed by atoms with Crippen LogP contribution in [0.25, 0.3) is 0 Å². The molecular weight excluding hydrogens is 192 g/mol. The molecule has 0 radical (unpaired) electrons. The summed E-state index contributed by atoms with van der Waals surface area (Å²) in [5, 5.41) is 0. The lowest BCUT2D eigenvalue weighted by molar-refractivity contribution is -0.0506. The summed E-state index contributed by atoms with van der Waals surface area (Å²) in [6.07, 6.45) is 12.6. The third-order valence-corrected chi connectivity index (χ3v) is 4.98. The Kier molecular flexibility index (Phi) is 2.16. The highest BCUT2D eigenvalue weighted by molar-refractivity contribution is 6.25. The number of hydrogen-bond donors (Lipinski definition) is 0. The zero-order valence-corrected chi connectivity index (χ0v) is 9.47. The van der Waals surface area contributed by atoms with Crippen molar-refractivity contribution in [3.8, 4) is 0 Å². The van der Waals surface area contributed by atoms with Crippen molar-refractivity contribution < 1.29 is 0 Å². The van der Waals surface area contributed by atoms with E-state index in [0.29, 0.717) is 5.41 Å². The maximum Gasteiger partial charge on any atom is 0.000266 e. The molecule has 0 aromatic carbocycles. The largest absolute Gasteiger partial charge is 0.0933 e. The van der Waals surface area contributed by atoms with Crippen LogP contribution in [0.15, 0.2) is 11.6 Å². The summed E-state index contributed by atoms with van der Waals surface area (Å²) in [5.74, 6) is 3.22. The Morgan fingerprint density at radius 2 is 1.50 bits per heavy atom. The van der Waals surface area contributed by atoms with E-state index < -0.39 is 0 Å². The Morgan fingerprint density at radius 3 is 1.93 bits per heavy atom. The summed E-state index contributed by atoms with van der Waals surface area (Å²) in [7, 11) is 0. The molecule has 0 saturated heterocycles. The predicted molar refractivity (Wildman–Crippen MR) is 60.2 cm³/mol. The fourth-order valence-corrected chi connectivity index (χ4v) is 4.92. The molecule has 4 fully saturated rings. The summed E-state index contributed by atoms with van der Waals surface area (Å²) in [6.45, 7) is 0. The van der Waals surface area contributed by atoms with E-state index in [1.165, 1.54) is 25.7 Å². The van der Waals surface area contributed by atoms with Gasteiger partial charge in [0.15, 0.2) is 0 Å². The predicted octanol–water partition coefficient (Wildman–Crippen LogP) is 4.35. The van der Waals surface area contributed by atoms with Crippen LogP contribution in [0.3, 0.4) is 0 Å². The van der Waals surface area contributed by atoms with E-state index in [1.807, 2.05) is 0 Å². The molecule has 0 spiro atoms. The van der Waals surface area contributed by atoms with Crippen molar-refractivity contribution >= 4 is 11.6 Å². The molecule has 4 bridgehead atoms. The van der Waals surface area contributed by atoms with E-state index in [-0.39, 0.29) is 0 Å². The molecule has 4 aliphatic carbocycles. The van der Waals surface area contributed by atoms with Crippen LogP contribution in [0.5, 0.6) is 0 Å². The lowest BCUT2D eigenvalue weighted by Gasteiger charge is -2.56. The summed E-state index contributed by atoms with van der Waals surface area (Å²) in [5.41, 5.74) is 2.40. The fraction of sp³-hybridized carbons (Fsp3) is 0.846. The maximum absolute atomic E-state index is 5.66. The SMILES string of the molecule is ClC=CCC12CC3CC(CC(C3)C1)C2. The first-order valence-electron chi connectivity index (χ1n) is 6.05. The van der Waals surface area contributed by atoms with Gasteiger partial charge in [0, 0.05) is 5.54 Å². The third kappa shape index (κ3) is 1.43. The minimum Gasteiger partial charge on any atom is -0.0933 e. The Bertz CT molecular complexity index is 219. The topological polar surface area (TPSA) is 0 Å². The molecule has 4 saturated carbocycles. The van der Waals surface area contributed by atoms with Gasteiger partial charge >= 0.3 is 0 Å². The van der Waals surface area contributed by atoms with E-state index >= 15 is 0 Å². The van der Waals surface area contributed by atoms with Gasteiger partial charge in [-0.15, -0.1) is 0 Å². The first kappa shape index (κ1) is 9.27. The minimum absolute atomic E-state index is 0.681. The lowest BCUT2D eigenvalue weighted by atomic mass is 9.49. The molecule has 0 aromatic heterocycles. The Balaban J connectivity index is 1.80. The smallest absolute Gasteiger partial charge is 0.000266 e. The number of halogens is 1. The van der Waals surface area contributed by atoms with Crippen molar-refractivity contribution in [2.75, 3.05) is 0 Å². The first-order valence-corrected chi connectivity index (χ1v) is 6.48. The number of rotatable bonds is 2. The van der Waals surface area contributed by atoms with Crippen molar-refractivity contribution in [3.05, 3.63) is 11.6 Å². The van der Waals surface area contributed by atoms with Crippen LogP contribution in [0, 0.1) is 23.2 Å². The van der Waals surface area contributed by atoms with E-state index in [9.17, 15) is 0 Å². The van der Waals surface area contributed by atoms with Gasteiger partial charge in [-0.1, -0.05) is 17.7 Å². The molecule has 0 amide bonds. The maximum atomic E-state index is 5.66. The average molecular weight is 211 g/mol. The zero-order valence-electron chi connectivity index (χ0n) is 8.71. The highest BCUT2D eigenvalue weighted by atomic mass is 35.5. The zero-order chi connectivity index (χ0) is 9.60. The Hall–Kier alpha value is 0.0300. The minimum atomic E-state index is 0.681. The van der Waals surface area contributed by atoms with Crippen LogP contribution >= 0.6 is 11.6 Å². The molecule has 4 rings (SSSR count). The molecule has 0 nitrogen and oxygen atoms in total. The van der Waals surface area contributed by atoms with Gasteiger partial charge in [-0.3, -0.25) is 0 Å². The molecular formula is C13H19Cl. The summed E-state index contributed by atoms with van der Waals surface area (Å²) in [4.78, 5) is 0. The van der Waals surface area contributed by atoms with Crippen LogP contribution < -0.4 is 0 Å². The second-order valence-corrected chi connectivity index (χ2v) is 6.24. The molecule has 0 aliphatic heterocycles. The van der Waals surface area contributed by atoms with Crippen molar-refractivity contribution in [1.29, 1.82) is 0 Å². The summed E-state index contributed by atoms with van der Waals surface area (Å²) >= 11 is 5.66. The van der Waals surface area contributed by atoms with Gasteiger partial charge in [-0.25, -0.2) is 0 Å². The molecule has 0 N–H and O–H groups in total. The van der Waals surface area contributed by atoms with Crippen molar-refractivity contribution in [2.24, 2.45) is 23.2 Å². The van der Waals surface area contributed by atoms with Gasteiger partial charge < -0.3 is 0 Å². The molecule has 0 aromatic rings. The van der Waals surface area contributed by atoms with Crippen molar-refractivity contribution in [1.82, 2.24) is 0 Å². The molecule has 0 atom stereocenters. The quantitative estimate of drug-likeness (QED) is 0.636. The highest BCUT2D eigenvalue weighted by Crippen LogP contribution is 2.61. The normalized spacial score (nSPS) is 50.5. The first-order chi connectivity index (χ1) is 6.80. The molecule has 0 heterocycles. The third-order valence-electron chi connectivity index (χ3n) is 4.81. The van der Waals surface area contributed by atoms with Crippen LogP contribution in [-0.2, 0) is 0 Å². The Labute approximate surface area is 91.7 Å². The molecule has 0 unspecified atom stereocenters.